The Labute approximate surface area is 123 Å². The van der Waals surface area contributed by atoms with E-state index in [1.807, 2.05) is 0 Å². The fraction of sp³-hybridized carbons (Fsp3) is 0. The lowest BCUT2D eigenvalue weighted by atomic mass is 10.0. The molecule has 1 heterocycles. The van der Waals surface area contributed by atoms with E-state index in [9.17, 15) is 20.1 Å². The Balaban J connectivity index is 2.30. The fourth-order valence-corrected chi connectivity index (χ4v) is 2.26. The van der Waals surface area contributed by atoms with Crippen molar-refractivity contribution in [3.8, 4) is 28.4 Å². The summed E-state index contributed by atoms with van der Waals surface area (Å²) in [6.07, 6.45) is 1.20. The molecule has 1 aromatic heterocycles. The summed E-state index contributed by atoms with van der Waals surface area (Å²) in [5.41, 5.74) is 0.335. The Bertz CT molecular complexity index is 914. The van der Waals surface area contributed by atoms with Crippen LogP contribution in [-0.4, -0.2) is 15.3 Å². The van der Waals surface area contributed by atoms with Crippen molar-refractivity contribution in [3.05, 3.63) is 51.8 Å². The minimum Gasteiger partial charge on any atom is -0.506 e. The summed E-state index contributed by atoms with van der Waals surface area (Å²) in [6, 6.07) is 6.73. The van der Waals surface area contributed by atoms with Crippen LogP contribution in [0.5, 0.6) is 17.2 Å². The van der Waals surface area contributed by atoms with Crippen LogP contribution in [0.1, 0.15) is 0 Å². The van der Waals surface area contributed by atoms with Gasteiger partial charge in [0.25, 0.3) is 0 Å². The summed E-state index contributed by atoms with van der Waals surface area (Å²) >= 11 is 5.89. The van der Waals surface area contributed by atoms with Gasteiger partial charge in [-0.1, -0.05) is 17.7 Å². The van der Waals surface area contributed by atoms with Crippen molar-refractivity contribution in [1.29, 1.82) is 0 Å². The normalized spacial score (nSPS) is 10.9. The van der Waals surface area contributed by atoms with Gasteiger partial charge in [-0.2, -0.15) is 0 Å². The Hall–Kier alpha value is -2.66. The smallest absolute Gasteiger partial charge is 0.200 e. The van der Waals surface area contributed by atoms with Crippen molar-refractivity contribution in [2.45, 2.75) is 0 Å². The van der Waals surface area contributed by atoms with E-state index in [2.05, 4.69) is 0 Å². The van der Waals surface area contributed by atoms with Crippen LogP contribution in [0.2, 0.25) is 5.02 Å². The van der Waals surface area contributed by atoms with Gasteiger partial charge in [0.05, 0.1) is 10.9 Å². The second kappa shape index (κ2) is 4.71. The lowest BCUT2D eigenvalue weighted by molar-refractivity contribution is 0.404. The number of halogens is 1. The number of benzene rings is 2. The maximum Gasteiger partial charge on any atom is 0.200 e. The third-order valence-electron chi connectivity index (χ3n) is 3.15. The molecule has 0 unspecified atom stereocenters. The quantitative estimate of drug-likeness (QED) is 0.600. The molecule has 0 aliphatic carbocycles. The number of hydrogen-bond donors (Lipinski definition) is 3. The van der Waals surface area contributed by atoms with Gasteiger partial charge in [-0.25, -0.2) is 0 Å². The highest BCUT2D eigenvalue weighted by Gasteiger charge is 2.14. The van der Waals surface area contributed by atoms with Crippen molar-refractivity contribution in [1.82, 2.24) is 0 Å². The minimum absolute atomic E-state index is 0.0373. The van der Waals surface area contributed by atoms with Crippen LogP contribution in [0, 0.1) is 0 Å². The van der Waals surface area contributed by atoms with E-state index in [4.69, 9.17) is 16.0 Å². The molecule has 0 fully saturated rings. The predicted molar refractivity (Wildman–Crippen MR) is 77.9 cm³/mol. The molecule has 5 nitrogen and oxygen atoms in total. The molecule has 3 N–H and O–H groups in total. The fourth-order valence-electron chi connectivity index (χ4n) is 2.05. The summed E-state index contributed by atoms with van der Waals surface area (Å²) in [7, 11) is 0. The standard InChI is InChI=1S/C15H9ClO5/c16-13-11(18)4-2-8-14(20)9(6-21-15(8)13)7-1-3-10(17)12(19)5-7/h1-6,17-19H. The molecule has 0 aliphatic heterocycles. The summed E-state index contributed by atoms with van der Waals surface area (Å²) in [4.78, 5) is 12.4. The average Bonchev–Trinajstić information content (AvgIpc) is 2.47. The highest BCUT2D eigenvalue weighted by molar-refractivity contribution is 6.36. The van der Waals surface area contributed by atoms with Crippen molar-refractivity contribution in [2.75, 3.05) is 0 Å². The second-order valence-electron chi connectivity index (χ2n) is 4.46. The molecule has 6 heteroatoms. The molecule has 0 radical (unpaired) electrons. The van der Waals surface area contributed by atoms with Gasteiger partial charge in [-0.05, 0) is 29.8 Å². The largest absolute Gasteiger partial charge is 0.506 e. The number of rotatable bonds is 1. The van der Waals surface area contributed by atoms with Crippen LogP contribution >= 0.6 is 11.6 Å². The van der Waals surface area contributed by atoms with Gasteiger partial charge in [0.15, 0.2) is 17.1 Å². The lowest BCUT2D eigenvalue weighted by Gasteiger charge is -2.06. The molecule has 0 aliphatic rings. The van der Waals surface area contributed by atoms with Crippen LogP contribution in [0.25, 0.3) is 22.1 Å². The number of aromatic hydroxyl groups is 3. The van der Waals surface area contributed by atoms with Crippen molar-refractivity contribution in [3.63, 3.8) is 0 Å². The number of fused-ring (bicyclic) bond motifs is 1. The van der Waals surface area contributed by atoms with Gasteiger partial charge in [0.2, 0.25) is 5.43 Å². The first kappa shape index (κ1) is 13.3. The molecule has 0 saturated heterocycles. The monoisotopic (exact) mass is 304 g/mol. The van der Waals surface area contributed by atoms with Gasteiger partial charge < -0.3 is 19.7 Å². The highest BCUT2D eigenvalue weighted by atomic mass is 35.5. The number of hydrogen-bond acceptors (Lipinski definition) is 5. The van der Waals surface area contributed by atoms with Crippen LogP contribution in [0.15, 0.2) is 45.8 Å². The second-order valence-corrected chi connectivity index (χ2v) is 4.84. The van der Waals surface area contributed by atoms with Crippen LogP contribution in [0.4, 0.5) is 0 Å². The third-order valence-corrected chi connectivity index (χ3v) is 3.51. The van der Waals surface area contributed by atoms with Crippen molar-refractivity contribution in [2.24, 2.45) is 0 Å². The Morgan fingerprint density at radius 3 is 2.38 bits per heavy atom. The maximum absolute atomic E-state index is 12.4. The molecule has 106 valence electrons. The Kier molecular flexibility index (Phi) is 2.99. The Morgan fingerprint density at radius 2 is 1.67 bits per heavy atom. The zero-order chi connectivity index (χ0) is 15.1. The van der Waals surface area contributed by atoms with Gasteiger partial charge in [-0.15, -0.1) is 0 Å². The summed E-state index contributed by atoms with van der Waals surface area (Å²) < 4.78 is 5.32. The van der Waals surface area contributed by atoms with E-state index in [1.54, 1.807) is 0 Å². The zero-order valence-corrected chi connectivity index (χ0v) is 11.3. The zero-order valence-electron chi connectivity index (χ0n) is 10.5. The molecule has 21 heavy (non-hydrogen) atoms. The molecule has 0 saturated carbocycles. The van der Waals surface area contributed by atoms with E-state index in [0.29, 0.717) is 5.56 Å². The number of phenolic OH excluding ortho intramolecular Hbond substituents is 3. The molecule has 0 atom stereocenters. The van der Waals surface area contributed by atoms with Gasteiger partial charge in [0, 0.05) is 0 Å². The van der Waals surface area contributed by atoms with E-state index in [1.165, 1.54) is 36.6 Å². The summed E-state index contributed by atoms with van der Waals surface area (Å²) in [6.45, 7) is 0. The molecular weight excluding hydrogens is 296 g/mol. The van der Waals surface area contributed by atoms with E-state index in [-0.39, 0.29) is 44.2 Å². The first-order chi connectivity index (χ1) is 9.99. The highest BCUT2D eigenvalue weighted by Crippen LogP contribution is 2.33. The van der Waals surface area contributed by atoms with Crippen molar-refractivity contribution >= 4 is 22.6 Å². The van der Waals surface area contributed by atoms with Crippen molar-refractivity contribution < 1.29 is 19.7 Å². The van der Waals surface area contributed by atoms with E-state index >= 15 is 0 Å². The molecule has 2 aromatic carbocycles. The van der Waals surface area contributed by atoms with Gasteiger partial charge in [-0.3, -0.25) is 4.79 Å². The Morgan fingerprint density at radius 1 is 0.952 bits per heavy atom. The molecule has 3 rings (SSSR count). The van der Waals surface area contributed by atoms with Gasteiger partial charge in [0.1, 0.15) is 17.0 Å². The average molecular weight is 305 g/mol. The summed E-state index contributed by atoms with van der Waals surface area (Å²) in [5.74, 6) is -0.796. The van der Waals surface area contributed by atoms with Crippen LogP contribution in [0.3, 0.4) is 0 Å². The molecule has 3 aromatic rings. The topological polar surface area (TPSA) is 90.9 Å². The molecule has 0 bridgehead atoms. The molecule has 0 spiro atoms. The van der Waals surface area contributed by atoms with Gasteiger partial charge >= 0.3 is 0 Å². The number of phenols is 3. The first-order valence-electron chi connectivity index (χ1n) is 5.94. The maximum atomic E-state index is 12.4. The van der Waals surface area contributed by atoms with Crippen LogP contribution in [-0.2, 0) is 0 Å². The molecular formula is C15H9ClO5. The van der Waals surface area contributed by atoms with E-state index in [0.717, 1.165) is 0 Å². The first-order valence-corrected chi connectivity index (χ1v) is 6.32. The lowest BCUT2D eigenvalue weighted by Crippen LogP contribution is -2.04. The summed E-state index contributed by atoms with van der Waals surface area (Å²) in [5, 5.41) is 28.5. The van der Waals surface area contributed by atoms with Crippen LogP contribution < -0.4 is 5.43 Å². The third kappa shape index (κ3) is 2.08. The SMILES string of the molecule is O=c1c(-c2ccc(O)c(O)c2)coc2c(Cl)c(O)ccc12. The minimum atomic E-state index is -0.358. The van der Waals surface area contributed by atoms with E-state index < -0.39 is 0 Å². The predicted octanol–water partition coefficient (Wildman–Crippen LogP) is 3.23. The molecule has 0 amide bonds.